The normalized spacial score (nSPS) is 11.7. The van der Waals surface area contributed by atoms with Crippen molar-refractivity contribution in [3.8, 4) is 62.8 Å². The van der Waals surface area contributed by atoms with Crippen molar-refractivity contribution >= 4 is 54.8 Å². The minimum atomic E-state index is 0.551. The highest BCUT2D eigenvalue weighted by Gasteiger charge is 2.19. The summed E-state index contributed by atoms with van der Waals surface area (Å²) in [5.74, 6) is 2.79. The zero-order chi connectivity index (χ0) is 38.9. The van der Waals surface area contributed by atoms with Gasteiger partial charge in [-0.1, -0.05) is 103 Å². The zero-order valence-corrected chi connectivity index (χ0v) is 31.3. The third-order valence-corrected chi connectivity index (χ3v) is 10.9. The Labute approximate surface area is 336 Å². The van der Waals surface area contributed by atoms with E-state index in [1.165, 1.54) is 10.8 Å². The minimum Gasteiger partial charge on any atom is -0.436 e. The SMILES string of the molecule is c1ccc2c(-n3c4ccccc4c4cc(-c5nc(-c6ccc(-c7nc8ccccc8o7)cc6)nc(-c6ccc(-c7nc8ccccc8o7)cc6)n5)ccc43)cccc2c1. The molecule has 0 saturated heterocycles. The Balaban J connectivity index is 0.996. The van der Waals surface area contributed by atoms with Gasteiger partial charge in [-0.25, -0.2) is 24.9 Å². The molecule has 12 rings (SSSR count). The predicted octanol–water partition coefficient (Wildman–Crippen LogP) is 12.7. The fourth-order valence-corrected chi connectivity index (χ4v) is 8.05. The predicted molar refractivity (Wildman–Crippen MR) is 234 cm³/mol. The largest absolute Gasteiger partial charge is 0.436 e. The Morgan fingerprint density at radius 1 is 0.339 bits per heavy atom. The van der Waals surface area contributed by atoms with Gasteiger partial charge in [0.2, 0.25) is 11.8 Å². The highest BCUT2D eigenvalue weighted by atomic mass is 16.4. The van der Waals surface area contributed by atoms with E-state index >= 15 is 0 Å². The third kappa shape index (κ3) is 5.57. The summed E-state index contributed by atoms with van der Waals surface area (Å²) < 4.78 is 14.5. The second kappa shape index (κ2) is 13.2. The van der Waals surface area contributed by atoms with E-state index < -0.39 is 0 Å². The van der Waals surface area contributed by atoms with Crippen LogP contribution >= 0.6 is 0 Å². The molecule has 0 bridgehead atoms. The first kappa shape index (κ1) is 33.0. The molecule has 8 aromatic carbocycles. The lowest BCUT2D eigenvalue weighted by Gasteiger charge is -2.12. The van der Waals surface area contributed by atoms with E-state index in [4.69, 9.17) is 33.8 Å². The molecule has 0 fully saturated rings. The molecule has 0 aliphatic carbocycles. The van der Waals surface area contributed by atoms with Crippen LogP contribution in [0.15, 0.2) is 191 Å². The monoisotopic (exact) mass is 758 g/mol. The van der Waals surface area contributed by atoms with E-state index in [1.807, 2.05) is 97.1 Å². The Kier molecular flexibility index (Phi) is 7.36. The number of oxazole rings is 2. The standard InChI is InChI=1S/C51H30N6O2/c1-2-12-37-31(10-1)11-9-17-42(37)57-43-16-6-3-13-38(43)39-30-36(28-29-44(39)57)49-55-47(32-20-24-34(25-21-32)50-52-40-14-4-7-18-45(40)58-50)54-48(56-49)33-22-26-35(27-23-33)51-53-41-15-5-8-19-46(41)59-51/h1-30H. The molecule has 4 aromatic heterocycles. The average molecular weight is 759 g/mol. The van der Waals surface area contributed by atoms with Gasteiger partial charge < -0.3 is 13.4 Å². The molecule has 0 aliphatic heterocycles. The number of nitrogens with zero attached hydrogens (tertiary/aromatic N) is 6. The van der Waals surface area contributed by atoms with Gasteiger partial charge >= 0.3 is 0 Å². The van der Waals surface area contributed by atoms with Gasteiger partial charge in [0.05, 0.1) is 16.7 Å². The van der Waals surface area contributed by atoms with Crippen LogP contribution in [-0.2, 0) is 0 Å². The average Bonchev–Trinajstić information content (AvgIpc) is 4.03. The van der Waals surface area contributed by atoms with E-state index in [2.05, 4.69) is 89.5 Å². The fraction of sp³-hybridized carbons (Fsp3) is 0. The molecular formula is C51H30N6O2. The first-order chi connectivity index (χ1) is 29.2. The summed E-state index contributed by atoms with van der Waals surface area (Å²) in [5.41, 5.74) is 10.8. The Hall–Kier alpha value is -8.23. The molecule has 59 heavy (non-hydrogen) atoms. The molecule has 0 unspecified atom stereocenters. The summed E-state index contributed by atoms with van der Waals surface area (Å²) in [5, 5.41) is 4.65. The third-order valence-electron chi connectivity index (χ3n) is 10.9. The summed E-state index contributed by atoms with van der Waals surface area (Å²) in [6, 6.07) is 61.6. The van der Waals surface area contributed by atoms with Gasteiger partial charge in [-0.15, -0.1) is 0 Å². The Bertz CT molecular complexity index is 3360. The number of aromatic nitrogens is 6. The molecule has 0 spiro atoms. The van der Waals surface area contributed by atoms with Crippen molar-refractivity contribution in [3.63, 3.8) is 0 Å². The smallest absolute Gasteiger partial charge is 0.227 e. The van der Waals surface area contributed by atoms with Gasteiger partial charge in [0, 0.05) is 44.0 Å². The van der Waals surface area contributed by atoms with Crippen LogP contribution in [0.2, 0.25) is 0 Å². The Morgan fingerprint density at radius 3 is 1.44 bits per heavy atom. The maximum Gasteiger partial charge on any atom is 0.227 e. The molecule has 276 valence electrons. The first-order valence-corrected chi connectivity index (χ1v) is 19.4. The summed E-state index contributed by atoms with van der Waals surface area (Å²) in [6.07, 6.45) is 0. The van der Waals surface area contributed by atoms with Crippen molar-refractivity contribution in [2.45, 2.75) is 0 Å². The number of rotatable bonds is 6. The van der Waals surface area contributed by atoms with Gasteiger partial charge in [-0.2, -0.15) is 0 Å². The number of benzene rings is 8. The first-order valence-electron chi connectivity index (χ1n) is 19.4. The van der Waals surface area contributed by atoms with Crippen molar-refractivity contribution in [3.05, 3.63) is 182 Å². The summed E-state index contributed by atoms with van der Waals surface area (Å²) >= 11 is 0. The van der Waals surface area contributed by atoms with Gasteiger partial charge in [0.1, 0.15) is 11.0 Å². The van der Waals surface area contributed by atoms with Crippen LogP contribution in [-0.4, -0.2) is 29.5 Å². The second-order valence-corrected chi connectivity index (χ2v) is 14.5. The van der Waals surface area contributed by atoms with Gasteiger partial charge in [0.15, 0.2) is 28.6 Å². The van der Waals surface area contributed by atoms with E-state index in [0.717, 1.165) is 77.5 Å². The molecule has 0 amide bonds. The molecule has 0 radical (unpaired) electrons. The van der Waals surface area contributed by atoms with Gasteiger partial charge in [0.25, 0.3) is 0 Å². The summed E-state index contributed by atoms with van der Waals surface area (Å²) in [7, 11) is 0. The van der Waals surface area contributed by atoms with Crippen LogP contribution < -0.4 is 0 Å². The van der Waals surface area contributed by atoms with Crippen LogP contribution in [0.3, 0.4) is 0 Å². The molecule has 8 heteroatoms. The van der Waals surface area contributed by atoms with Crippen LogP contribution in [0.4, 0.5) is 0 Å². The summed E-state index contributed by atoms with van der Waals surface area (Å²) in [4.78, 5) is 24.7. The van der Waals surface area contributed by atoms with Crippen molar-refractivity contribution in [1.82, 2.24) is 29.5 Å². The van der Waals surface area contributed by atoms with Crippen molar-refractivity contribution in [1.29, 1.82) is 0 Å². The summed E-state index contributed by atoms with van der Waals surface area (Å²) in [6.45, 7) is 0. The molecule has 0 N–H and O–H groups in total. The molecule has 0 aliphatic rings. The molecule has 12 aromatic rings. The van der Waals surface area contributed by atoms with E-state index in [0.29, 0.717) is 29.3 Å². The quantitative estimate of drug-likeness (QED) is 0.167. The van der Waals surface area contributed by atoms with Crippen molar-refractivity contribution in [2.75, 3.05) is 0 Å². The highest BCUT2D eigenvalue weighted by molar-refractivity contribution is 6.11. The lowest BCUT2D eigenvalue weighted by atomic mass is 10.1. The minimum absolute atomic E-state index is 0.551. The number of para-hydroxylation sites is 5. The van der Waals surface area contributed by atoms with Crippen LogP contribution in [0.25, 0.3) is 118 Å². The zero-order valence-electron chi connectivity index (χ0n) is 31.3. The van der Waals surface area contributed by atoms with Gasteiger partial charge in [-0.3, -0.25) is 0 Å². The molecule has 8 nitrogen and oxygen atoms in total. The maximum atomic E-state index is 6.06. The Morgan fingerprint density at radius 2 is 0.814 bits per heavy atom. The number of fused-ring (bicyclic) bond motifs is 6. The lowest BCUT2D eigenvalue weighted by Crippen LogP contribution is -2.00. The van der Waals surface area contributed by atoms with Crippen molar-refractivity contribution in [2.24, 2.45) is 0 Å². The van der Waals surface area contributed by atoms with E-state index in [-0.39, 0.29) is 0 Å². The van der Waals surface area contributed by atoms with Gasteiger partial charge in [-0.05, 0) is 84.2 Å². The highest BCUT2D eigenvalue weighted by Crippen LogP contribution is 2.37. The topological polar surface area (TPSA) is 95.7 Å². The number of hydrogen-bond acceptors (Lipinski definition) is 7. The second-order valence-electron chi connectivity index (χ2n) is 14.5. The lowest BCUT2D eigenvalue weighted by molar-refractivity contribution is 0.619. The van der Waals surface area contributed by atoms with Crippen LogP contribution in [0.1, 0.15) is 0 Å². The molecule has 0 saturated carbocycles. The molecule has 0 atom stereocenters. The fourth-order valence-electron chi connectivity index (χ4n) is 8.05. The van der Waals surface area contributed by atoms with Crippen LogP contribution in [0, 0.1) is 0 Å². The maximum absolute atomic E-state index is 6.06. The van der Waals surface area contributed by atoms with E-state index in [1.54, 1.807) is 0 Å². The number of hydrogen-bond donors (Lipinski definition) is 0. The van der Waals surface area contributed by atoms with Crippen molar-refractivity contribution < 1.29 is 8.83 Å². The molecule has 4 heterocycles. The van der Waals surface area contributed by atoms with Crippen LogP contribution in [0.5, 0.6) is 0 Å². The van der Waals surface area contributed by atoms with E-state index in [9.17, 15) is 0 Å². The molecular weight excluding hydrogens is 729 g/mol.